The minimum absolute atomic E-state index is 0.00604. The Hall–Kier alpha value is -0.552. The van der Waals surface area contributed by atoms with E-state index in [0.717, 1.165) is 18.8 Å². The van der Waals surface area contributed by atoms with Gasteiger partial charge in [-0.05, 0) is 0 Å². The van der Waals surface area contributed by atoms with Crippen molar-refractivity contribution < 1.29 is 47.2 Å². The van der Waals surface area contributed by atoms with Crippen molar-refractivity contribution in [3.63, 3.8) is 0 Å². The Labute approximate surface area is 171 Å². The van der Waals surface area contributed by atoms with Crippen molar-refractivity contribution >= 4 is 11.5 Å². The van der Waals surface area contributed by atoms with E-state index >= 15 is 0 Å². The van der Waals surface area contributed by atoms with Gasteiger partial charge in [-0.3, -0.25) is 0 Å². The van der Waals surface area contributed by atoms with Gasteiger partial charge in [-0.2, -0.15) is 0 Å². The molecule has 1 aromatic carbocycles. The number of hydrogen-bond donors (Lipinski definition) is 2. The topological polar surface area (TPSA) is 86.3 Å². The summed E-state index contributed by atoms with van der Waals surface area (Å²) < 4.78 is 23.2. The Morgan fingerprint density at radius 2 is 2.04 bits per heavy atom. The normalized spacial score (nSPS) is 25.8. The van der Waals surface area contributed by atoms with Gasteiger partial charge in [0.25, 0.3) is 0 Å². The molecule has 1 heterocycles. The number of esters is 1. The molecular weight excluding hydrogens is 541 g/mol. The molecule has 0 aromatic heterocycles. The molecule has 1 saturated heterocycles. The van der Waals surface area contributed by atoms with Crippen LogP contribution in [-0.4, -0.2) is 48.1 Å². The molecule has 0 aliphatic carbocycles. The van der Waals surface area contributed by atoms with Crippen LogP contribution in [0.3, 0.4) is 0 Å². The first-order valence-corrected chi connectivity index (χ1v) is 14.5. The van der Waals surface area contributed by atoms with Crippen LogP contribution in [0.15, 0.2) is 30.3 Å². The number of aliphatic hydroxyl groups is 1. The second-order valence-corrected chi connectivity index (χ2v) is 13.7. The summed E-state index contributed by atoms with van der Waals surface area (Å²) in [7, 11) is 0. The van der Waals surface area contributed by atoms with Gasteiger partial charge in [-0.1, -0.05) is 0 Å². The fraction of sp³-hybridized carbons (Fsp3) is 0.611. The van der Waals surface area contributed by atoms with Gasteiger partial charge in [-0.15, -0.1) is 0 Å². The van der Waals surface area contributed by atoms with E-state index in [-0.39, 0.29) is 24.8 Å². The Bertz CT molecular complexity index is 659. The van der Waals surface area contributed by atoms with Gasteiger partial charge in [0.15, 0.2) is 0 Å². The average Bonchev–Trinajstić information content (AvgIpc) is 2.91. The first kappa shape index (κ1) is 22.7. The molecule has 2 N–H and O–H groups in total. The van der Waals surface area contributed by atoms with Gasteiger partial charge in [-0.25, -0.2) is 0 Å². The fourth-order valence-corrected chi connectivity index (χ4v) is 7.38. The van der Waals surface area contributed by atoms with Crippen LogP contribution >= 0.6 is 5.50 Å². The first-order valence-electron chi connectivity index (χ1n) is 8.99. The molecule has 0 unspecified atom stereocenters. The Morgan fingerprint density at radius 1 is 1.37 bits per heavy atom. The third kappa shape index (κ3) is 7.41. The molecule has 0 saturated carbocycles. The predicted molar refractivity (Wildman–Crippen MR) is 98.7 cm³/mol. The summed E-state index contributed by atoms with van der Waals surface area (Å²) in [5.41, 5.74) is -2.60. The van der Waals surface area contributed by atoms with E-state index in [4.69, 9.17) is 18.5 Å². The van der Waals surface area contributed by atoms with Crippen LogP contribution in [-0.2, 0) is 37.6 Å². The molecule has 0 radical (unpaired) electrons. The van der Waals surface area contributed by atoms with Crippen molar-refractivity contribution in [3.8, 4) is 5.75 Å². The van der Waals surface area contributed by atoms with Crippen LogP contribution < -0.4 is 9.61 Å². The maximum absolute atomic E-state index is 12.2. The number of carbonyl (C=O) groups excluding carboxylic acids is 1. The van der Waals surface area contributed by atoms with Crippen LogP contribution in [0.5, 0.6) is 5.75 Å². The number of nitrogens with one attached hydrogen (secondary N) is 1. The van der Waals surface area contributed by atoms with Gasteiger partial charge in [0.05, 0.1) is 0 Å². The van der Waals surface area contributed by atoms with Gasteiger partial charge in [0.1, 0.15) is 0 Å². The average molecular weight is 569 g/mol. The fourth-order valence-electron chi connectivity index (χ4n) is 2.59. The van der Waals surface area contributed by atoms with Crippen molar-refractivity contribution in [2.45, 2.75) is 64.6 Å². The molecule has 2 rings (SSSR count). The second kappa shape index (κ2) is 10.3. The van der Waals surface area contributed by atoms with Crippen LogP contribution in [0.2, 0.25) is 0 Å². The summed E-state index contributed by atoms with van der Waals surface area (Å²) in [5.74, 6) is 0.292. The number of ether oxygens (including phenoxy) is 2. The molecule has 152 valence electrons. The zero-order valence-electron chi connectivity index (χ0n) is 16.0. The standard InChI is InChI=1S/C18H28NO6P.W/c1-12(2)23-18(21)14(4)19-26(25-15-8-6-5-7-9-15)22-11-17-16(20)10-13(3)24-17;/h5-9,12-14,16-17,19-20H,10-11H2,1-4H3;/t13-,14+,16-,17+,26+;/m0./s1. The van der Waals surface area contributed by atoms with E-state index in [1.165, 1.54) is 0 Å². The SMILES string of the molecule is CC(C)OC(=O)[C@@H](C)N[P@](=[W])(OC[C@H]1O[C@@H](C)C[C@@H]1O)Oc1ccccc1. The molecule has 27 heavy (non-hydrogen) atoms. The summed E-state index contributed by atoms with van der Waals surface area (Å²) >= 11 is 1.03. The minimum atomic E-state index is -2.60. The molecule has 1 aliphatic heterocycles. The van der Waals surface area contributed by atoms with Crippen LogP contribution in [0, 0.1) is 0 Å². The van der Waals surface area contributed by atoms with E-state index in [0.29, 0.717) is 12.2 Å². The van der Waals surface area contributed by atoms with Crippen molar-refractivity contribution in [1.29, 1.82) is 0 Å². The van der Waals surface area contributed by atoms with Gasteiger partial charge in [0, 0.05) is 0 Å². The number of para-hydroxylation sites is 1. The zero-order chi connectivity index (χ0) is 20.0. The van der Waals surface area contributed by atoms with E-state index in [2.05, 4.69) is 5.09 Å². The molecule has 1 aromatic rings. The van der Waals surface area contributed by atoms with Crippen molar-refractivity contribution in [2.75, 3.05) is 6.61 Å². The number of hydrogen-bond acceptors (Lipinski definition) is 7. The quantitative estimate of drug-likeness (QED) is 0.350. The molecule has 5 atom stereocenters. The van der Waals surface area contributed by atoms with Gasteiger partial charge < -0.3 is 0 Å². The summed E-state index contributed by atoms with van der Waals surface area (Å²) in [6.45, 7) is 7.45. The van der Waals surface area contributed by atoms with E-state index in [9.17, 15) is 9.90 Å². The van der Waals surface area contributed by atoms with Crippen molar-refractivity contribution in [1.82, 2.24) is 5.09 Å². The number of aliphatic hydroxyl groups excluding tert-OH is 1. The third-order valence-corrected chi connectivity index (χ3v) is 8.56. The molecule has 0 amide bonds. The van der Waals surface area contributed by atoms with Crippen LogP contribution in [0.25, 0.3) is 0 Å². The van der Waals surface area contributed by atoms with Crippen LogP contribution in [0.1, 0.15) is 34.1 Å². The molecular formula is C18H28NO6PW. The van der Waals surface area contributed by atoms with Crippen LogP contribution in [0.4, 0.5) is 0 Å². The zero-order valence-corrected chi connectivity index (χ0v) is 19.9. The van der Waals surface area contributed by atoms with E-state index in [1.807, 2.05) is 37.3 Å². The predicted octanol–water partition coefficient (Wildman–Crippen LogP) is 2.77. The molecule has 0 bridgehead atoms. The summed E-state index contributed by atoms with van der Waals surface area (Å²) in [6, 6.07) is 8.73. The Kier molecular flexibility index (Phi) is 8.66. The molecule has 1 fully saturated rings. The summed E-state index contributed by atoms with van der Waals surface area (Å²) in [4.78, 5) is 12.2. The molecule has 0 spiro atoms. The summed E-state index contributed by atoms with van der Waals surface area (Å²) in [6.07, 6.45) is -0.590. The van der Waals surface area contributed by atoms with E-state index in [1.54, 1.807) is 20.8 Å². The van der Waals surface area contributed by atoms with Gasteiger partial charge >= 0.3 is 171 Å². The third-order valence-electron chi connectivity index (χ3n) is 3.84. The Morgan fingerprint density at radius 3 is 2.59 bits per heavy atom. The molecule has 1 aliphatic rings. The van der Waals surface area contributed by atoms with Crippen molar-refractivity contribution in [2.24, 2.45) is 0 Å². The number of carbonyl (C=O) groups is 1. The monoisotopic (exact) mass is 569 g/mol. The van der Waals surface area contributed by atoms with E-state index < -0.39 is 23.8 Å². The number of benzene rings is 1. The second-order valence-electron chi connectivity index (χ2n) is 6.82. The molecule has 7 nitrogen and oxygen atoms in total. The first-order chi connectivity index (χ1) is 12.7. The maximum atomic E-state index is 12.2. The van der Waals surface area contributed by atoms with Crippen molar-refractivity contribution in [3.05, 3.63) is 30.3 Å². The summed E-state index contributed by atoms with van der Waals surface area (Å²) in [5, 5.41) is 13.3. The molecule has 9 heteroatoms. The number of rotatable bonds is 9. The Balaban J connectivity index is 2.07. The van der Waals surface area contributed by atoms with Gasteiger partial charge in [0.2, 0.25) is 0 Å².